The van der Waals surface area contributed by atoms with Crippen LogP contribution in [0.2, 0.25) is 5.02 Å². The van der Waals surface area contributed by atoms with Gasteiger partial charge in [0.25, 0.3) is 0 Å². The number of carbonyl (C=O) groups is 2. The van der Waals surface area contributed by atoms with Gasteiger partial charge in [0.05, 0.1) is 6.10 Å². The zero-order valence-corrected chi connectivity index (χ0v) is 15.9. The van der Waals surface area contributed by atoms with Gasteiger partial charge in [-0.1, -0.05) is 37.6 Å². The van der Waals surface area contributed by atoms with Gasteiger partial charge in [-0.25, -0.2) is 0 Å². The Morgan fingerprint density at radius 1 is 1.28 bits per heavy atom. The molecule has 138 valence electrons. The van der Waals surface area contributed by atoms with E-state index in [1.165, 1.54) is 0 Å². The number of rotatable bonds is 7. The van der Waals surface area contributed by atoms with E-state index in [4.69, 9.17) is 16.3 Å². The zero-order valence-electron chi connectivity index (χ0n) is 15.1. The van der Waals surface area contributed by atoms with E-state index in [0.29, 0.717) is 18.1 Å². The molecule has 1 aromatic rings. The van der Waals surface area contributed by atoms with Gasteiger partial charge in [-0.3, -0.25) is 9.59 Å². The van der Waals surface area contributed by atoms with Gasteiger partial charge in [-0.05, 0) is 37.5 Å². The first-order valence-corrected chi connectivity index (χ1v) is 9.20. The molecule has 0 spiro atoms. The molecule has 5 nitrogen and oxygen atoms in total. The molecule has 1 aromatic carbocycles. The topological polar surface area (TPSA) is 58.6 Å². The Hall–Kier alpha value is -1.59. The summed E-state index contributed by atoms with van der Waals surface area (Å²) in [6, 6.07) is 6.78. The molecule has 6 heteroatoms. The summed E-state index contributed by atoms with van der Waals surface area (Å²) in [5.41, 5.74) is 0.942. The fourth-order valence-electron chi connectivity index (χ4n) is 2.83. The SMILES string of the molecule is CC(C)C(=O)N(Cc1ccc(Cl)cc1)[C@H](C)C(=O)NC[C@H]1CCCO1. The molecule has 0 radical (unpaired) electrons. The maximum atomic E-state index is 12.6. The molecule has 2 rings (SSSR count). The van der Waals surface area contributed by atoms with Gasteiger partial charge < -0.3 is 15.0 Å². The van der Waals surface area contributed by atoms with Gasteiger partial charge in [-0.2, -0.15) is 0 Å². The van der Waals surface area contributed by atoms with Crippen molar-refractivity contribution in [1.82, 2.24) is 10.2 Å². The van der Waals surface area contributed by atoms with Crippen LogP contribution in [0, 0.1) is 5.92 Å². The molecule has 2 amide bonds. The van der Waals surface area contributed by atoms with Crippen LogP contribution in [0.25, 0.3) is 0 Å². The molecule has 1 N–H and O–H groups in total. The van der Waals surface area contributed by atoms with Gasteiger partial charge in [0.15, 0.2) is 0 Å². The second kappa shape index (κ2) is 9.20. The van der Waals surface area contributed by atoms with Crippen molar-refractivity contribution >= 4 is 23.4 Å². The average molecular weight is 367 g/mol. The molecule has 0 saturated carbocycles. The normalized spacial score (nSPS) is 18.2. The third-order valence-electron chi connectivity index (χ3n) is 4.42. The van der Waals surface area contributed by atoms with E-state index in [0.717, 1.165) is 25.0 Å². The number of hydrogen-bond donors (Lipinski definition) is 1. The fourth-order valence-corrected chi connectivity index (χ4v) is 2.96. The Balaban J connectivity index is 2.03. The van der Waals surface area contributed by atoms with Crippen LogP contribution in [0.1, 0.15) is 39.2 Å². The second-order valence-electron chi connectivity index (χ2n) is 6.80. The predicted molar refractivity (Wildman–Crippen MR) is 98.3 cm³/mol. The van der Waals surface area contributed by atoms with Crippen LogP contribution in [0.3, 0.4) is 0 Å². The van der Waals surface area contributed by atoms with Gasteiger partial charge >= 0.3 is 0 Å². The van der Waals surface area contributed by atoms with Gasteiger partial charge in [-0.15, -0.1) is 0 Å². The highest BCUT2D eigenvalue weighted by Crippen LogP contribution is 2.16. The molecule has 25 heavy (non-hydrogen) atoms. The van der Waals surface area contributed by atoms with Crippen LogP contribution in [-0.4, -0.2) is 42.0 Å². The van der Waals surface area contributed by atoms with Crippen molar-refractivity contribution < 1.29 is 14.3 Å². The van der Waals surface area contributed by atoms with E-state index < -0.39 is 6.04 Å². The number of ether oxygens (including phenoxy) is 1. The molecule has 1 heterocycles. The van der Waals surface area contributed by atoms with Crippen molar-refractivity contribution in [1.29, 1.82) is 0 Å². The molecule has 1 saturated heterocycles. The van der Waals surface area contributed by atoms with E-state index in [1.54, 1.807) is 24.0 Å². The lowest BCUT2D eigenvalue weighted by Gasteiger charge is -2.30. The maximum absolute atomic E-state index is 12.6. The number of benzene rings is 1. The number of nitrogens with zero attached hydrogens (tertiary/aromatic N) is 1. The van der Waals surface area contributed by atoms with Crippen molar-refractivity contribution in [2.24, 2.45) is 5.92 Å². The molecular weight excluding hydrogens is 340 g/mol. The smallest absolute Gasteiger partial charge is 0.242 e. The molecule has 1 aliphatic rings. The Morgan fingerprint density at radius 2 is 1.96 bits per heavy atom. The first-order chi connectivity index (χ1) is 11.9. The summed E-state index contributed by atoms with van der Waals surface area (Å²) in [5.74, 6) is -0.381. The monoisotopic (exact) mass is 366 g/mol. The highest BCUT2D eigenvalue weighted by molar-refractivity contribution is 6.30. The van der Waals surface area contributed by atoms with Crippen LogP contribution >= 0.6 is 11.6 Å². The fraction of sp³-hybridized carbons (Fsp3) is 0.579. The lowest BCUT2D eigenvalue weighted by Crippen LogP contribution is -2.50. The number of halogens is 1. The van der Waals surface area contributed by atoms with E-state index in [9.17, 15) is 9.59 Å². The quantitative estimate of drug-likeness (QED) is 0.807. The van der Waals surface area contributed by atoms with Crippen molar-refractivity contribution in [3.05, 3.63) is 34.9 Å². The maximum Gasteiger partial charge on any atom is 0.242 e. The van der Waals surface area contributed by atoms with Gasteiger partial charge in [0.1, 0.15) is 6.04 Å². The minimum absolute atomic E-state index is 0.0466. The average Bonchev–Trinajstić information content (AvgIpc) is 3.11. The Bertz CT molecular complexity index is 583. The molecule has 2 atom stereocenters. The minimum atomic E-state index is -0.549. The Labute approximate surface area is 154 Å². The van der Waals surface area contributed by atoms with Crippen LogP contribution in [0.15, 0.2) is 24.3 Å². The lowest BCUT2D eigenvalue weighted by molar-refractivity contribution is -0.143. The van der Waals surface area contributed by atoms with Crippen molar-refractivity contribution in [2.45, 2.75) is 52.3 Å². The van der Waals surface area contributed by atoms with E-state index >= 15 is 0 Å². The molecule has 0 aromatic heterocycles. The summed E-state index contributed by atoms with van der Waals surface area (Å²) in [6.07, 6.45) is 2.08. The number of carbonyl (C=O) groups excluding carboxylic acids is 2. The summed E-state index contributed by atoms with van der Waals surface area (Å²) < 4.78 is 5.53. The summed E-state index contributed by atoms with van der Waals surface area (Å²) in [4.78, 5) is 26.8. The van der Waals surface area contributed by atoms with Crippen LogP contribution < -0.4 is 5.32 Å². The van der Waals surface area contributed by atoms with Gasteiger partial charge in [0, 0.05) is 30.6 Å². The number of amides is 2. The van der Waals surface area contributed by atoms with E-state index in [-0.39, 0.29) is 23.8 Å². The van der Waals surface area contributed by atoms with E-state index in [1.807, 2.05) is 26.0 Å². The van der Waals surface area contributed by atoms with Crippen LogP contribution in [0.4, 0.5) is 0 Å². The third kappa shape index (κ3) is 5.72. The minimum Gasteiger partial charge on any atom is -0.376 e. The molecule has 0 aliphatic carbocycles. The highest BCUT2D eigenvalue weighted by atomic mass is 35.5. The molecule has 0 bridgehead atoms. The second-order valence-corrected chi connectivity index (χ2v) is 7.24. The molecule has 1 fully saturated rings. The van der Waals surface area contributed by atoms with Crippen LogP contribution in [-0.2, 0) is 20.9 Å². The number of hydrogen-bond acceptors (Lipinski definition) is 3. The standard InChI is InChI=1S/C19H27ClN2O3/c1-13(2)19(24)22(12-15-6-8-16(20)9-7-15)14(3)18(23)21-11-17-5-4-10-25-17/h6-9,13-14,17H,4-5,10-12H2,1-3H3,(H,21,23)/t14-,17-/m1/s1. The van der Waals surface area contributed by atoms with Crippen molar-refractivity contribution in [3.63, 3.8) is 0 Å². The van der Waals surface area contributed by atoms with Crippen molar-refractivity contribution in [2.75, 3.05) is 13.2 Å². The molecule has 0 unspecified atom stereocenters. The first kappa shape index (κ1) is 19.7. The summed E-state index contributed by atoms with van der Waals surface area (Å²) >= 11 is 5.92. The summed E-state index contributed by atoms with van der Waals surface area (Å²) in [5, 5.41) is 3.56. The third-order valence-corrected chi connectivity index (χ3v) is 4.67. The summed E-state index contributed by atoms with van der Waals surface area (Å²) in [6.45, 7) is 7.07. The zero-order chi connectivity index (χ0) is 18.4. The van der Waals surface area contributed by atoms with Crippen molar-refractivity contribution in [3.8, 4) is 0 Å². The van der Waals surface area contributed by atoms with Gasteiger partial charge in [0.2, 0.25) is 11.8 Å². The Morgan fingerprint density at radius 3 is 2.52 bits per heavy atom. The first-order valence-electron chi connectivity index (χ1n) is 8.82. The molecular formula is C19H27ClN2O3. The number of nitrogens with one attached hydrogen (secondary N) is 1. The van der Waals surface area contributed by atoms with Crippen LogP contribution in [0.5, 0.6) is 0 Å². The summed E-state index contributed by atoms with van der Waals surface area (Å²) in [7, 11) is 0. The Kier molecular flexibility index (Phi) is 7.26. The predicted octanol–water partition coefficient (Wildman–Crippen LogP) is 3.01. The van der Waals surface area contributed by atoms with E-state index in [2.05, 4.69) is 5.32 Å². The molecule has 1 aliphatic heterocycles. The highest BCUT2D eigenvalue weighted by Gasteiger charge is 2.28. The largest absolute Gasteiger partial charge is 0.376 e. The lowest BCUT2D eigenvalue weighted by atomic mass is 10.1.